The highest BCUT2D eigenvalue weighted by atomic mass is 32.2. The Kier molecular flexibility index (Phi) is 8.58. The van der Waals surface area contributed by atoms with E-state index in [9.17, 15) is 24.6 Å². The number of aryl methyl sites for hydroxylation is 1. The molecule has 0 saturated carbocycles. The molecule has 5 N–H and O–H groups in total. The number of nitrogens with zero attached hydrogens (tertiary/aromatic N) is 2. The van der Waals surface area contributed by atoms with Crippen LogP contribution < -0.4 is 34.7 Å². The minimum atomic E-state index is -1.40. The number of nitrogens with two attached hydrogens (primary N) is 1. The zero-order valence-electron chi connectivity index (χ0n) is 31.9. The van der Waals surface area contributed by atoms with Gasteiger partial charge in [0.15, 0.2) is 40.0 Å². The number of esters is 2. The molecule has 56 heavy (non-hydrogen) atoms. The summed E-state index contributed by atoms with van der Waals surface area (Å²) in [5.74, 6) is 0.109. The van der Waals surface area contributed by atoms with Crippen molar-refractivity contribution >= 4 is 29.6 Å². The second kappa shape index (κ2) is 13.1. The van der Waals surface area contributed by atoms with Gasteiger partial charge < -0.3 is 44.4 Å². The maximum atomic E-state index is 14.8. The summed E-state index contributed by atoms with van der Waals surface area (Å²) in [6.45, 7) is 5.11. The van der Waals surface area contributed by atoms with Crippen LogP contribution >= 0.6 is 11.8 Å². The molecule has 7 aliphatic heterocycles. The second-order valence-corrected chi connectivity index (χ2v) is 16.5. The molecular formula is C40H44N4O11S. The highest BCUT2D eigenvalue weighted by molar-refractivity contribution is 7.99. The quantitative estimate of drug-likeness (QED) is 0.223. The van der Waals surface area contributed by atoms with Crippen molar-refractivity contribution in [3.8, 4) is 40.2 Å². The number of piperazine rings is 1. The zero-order valence-corrected chi connectivity index (χ0v) is 32.7. The Bertz CT molecular complexity index is 2230. The Morgan fingerprint density at radius 3 is 2.50 bits per heavy atom. The molecule has 0 radical (unpaired) electrons. The first-order chi connectivity index (χ1) is 26.8. The van der Waals surface area contributed by atoms with E-state index in [0.29, 0.717) is 70.2 Å². The number of hydrogen-bond acceptors (Lipinski definition) is 15. The summed E-state index contributed by atoms with van der Waals surface area (Å²) in [6, 6.07) is 1.98. The number of methoxy groups -OCH3 is 2. The molecule has 15 nitrogen and oxygen atoms in total. The number of carbonyl (C=O) groups is 3. The van der Waals surface area contributed by atoms with Crippen molar-refractivity contribution < 1.29 is 53.0 Å². The van der Waals surface area contributed by atoms with Gasteiger partial charge in [0, 0.05) is 53.6 Å². The monoisotopic (exact) mass is 788 g/mol. The average Bonchev–Trinajstić information content (AvgIpc) is 3.64. The zero-order chi connectivity index (χ0) is 39.5. The van der Waals surface area contributed by atoms with Crippen LogP contribution in [0.2, 0.25) is 0 Å². The summed E-state index contributed by atoms with van der Waals surface area (Å²) in [6.07, 6.45) is 0.945. The van der Waals surface area contributed by atoms with Gasteiger partial charge in [-0.15, -0.1) is 11.8 Å². The molecule has 1 spiro atoms. The van der Waals surface area contributed by atoms with Crippen molar-refractivity contribution in [2.24, 2.45) is 5.73 Å². The highest BCUT2D eigenvalue weighted by Gasteiger charge is 2.62. The van der Waals surface area contributed by atoms with Gasteiger partial charge in [-0.3, -0.25) is 24.7 Å². The summed E-state index contributed by atoms with van der Waals surface area (Å²) in [5.41, 5.74) is 10.5. The number of hydrogen-bond donors (Lipinski definition) is 4. The fraction of sp³-hybridized carbons (Fsp3) is 0.475. The van der Waals surface area contributed by atoms with E-state index in [4.69, 9.17) is 34.2 Å². The predicted octanol–water partition coefficient (Wildman–Crippen LogP) is 2.95. The number of phenols is 2. The molecule has 3 aromatic carbocycles. The smallest absolute Gasteiger partial charge is 0.331 e. The van der Waals surface area contributed by atoms with Crippen LogP contribution in [0, 0.1) is 13.8 Å². The lowest BCUT2D eigenvalue weighted by Crippen LogP contribution is -2.72. The van der Waals surface area contributed by atoms with Crippen LogP contribution in [0.1, 0.15) is 68.8 Å². The van der Waals surface area contributed by atoms with Crippen LogP contribution in [-0.2, 0) is 37.5 Å². The molecule has 16 heteroatoms. The van der Waals surface area contributed by atoms with Gasteiger partial charge in [0.1, 0.15) is 18.4 Å². The number of primary amides is 1. The average molecular weight is 789 g/mol. The van der Waals surface area contributed by atoms with E-state index in [1.165, 1.54) is 32.9 Å². The molecule has 3 aromatic rings. The molecule has 10 rings (SSSR count). The van der Waals surface area contributed by atoms with Crippen molar-refractivity contribution in [2.45, 2.75) is 74.6 Å². The maximum absolute atomic E-state index is 14.8. The van der Waals surface area contributed by atoms with Crippen LogP contribution in [0.3, 0.4) is 0 Å². The Hall–Kier alpha value is -4.90. The number of fused-ring (bicyclic) bond motifs is 9. The molecule has 296 valence electrons. The largest absolute Gasteiger partial charge is 0.504 e. The maximum Gasteiger partial charge on any atom is 0.331 e. The Labute approximate surface area is 327 Å². The van der Waals surface area contributed by atoms with Gasteiger partial charge in [0.25, 0.3) is 0 Å². The number of aromatic hydroxyl groups is 2. The molecule has 0 aliphatic carbocycles. The van der Waals surface area contributed by atoms with Gasteiger partial charge in [-0.1, -0.05) is 6.07 Å². The number of likely N-dealkylation sites (N-methyl/N-ethyl adjacent to an activating group) is 1. The number of phenolic OH excluding ortho intramolecular Hbond substituents is 2. The third-order valence-corrected chi connectivity index (χ3v) is 14.1. The fourth-order valence-corrected chi connectivity index (χ4v) is 12.1. The van der Waals surface area contributed by atoms with Crippen molar-refractivity contribution in [3.05, 3.63) is 62.7 Å². The topological polar surface area (TPSA) is 192 Å². The lowest BCUT2D eigenvalue weighted by atomic mass is 9.71. The van der Waals surface area contributed by atoms with Crippen LogP contribution in [0.15, 0.2) is 18.2 Å². The van der Waals surface area contributed by atoms with Crippen molar-refractivity contribution in [2.75, 3.05) is 47.0 Å². The highest BCUT2D eigenvalue weighted by Crippen LogP contribution is 2.64. The van der Waals surface area contributed by atoms with Gasteiger partial charge >= 0.3 is 11.9 Å². The molecule has 1 amide bonds. The first kappa shape index (κ1) is 36.7. The molecular weight excluding hydrogens is 745 g/mol. The Morgan fingerprint density at radius 2 is 1.79 bits per heavy atom. The second-order valence-electron chi connectivity index (χ2n) is 15.4. The Balaban J connectivity index is 1.34. The third-order valence-electron chi connectivity index (χ3n) is 12.6. The first-order valence-electron chi connectivity index (χ1n) is 18.6. The Morgan fingerprint density at radius 1 is 1.02 bits per heavy atom. The summed E-state index contributed by atoms with van der Waals surface area (Å²) < 4.78 is 36.0. The van der Waals surface area contributed by atoms with E-state index in [-0.39, 0.29) is 36.4 Å². The van der Waals surface area contributed by atoms with Gasteiger partial charge in [-0.25, -0.2) is 4.79 Å². The number of amides is 1. The van der Waals surface area contributed by atoms with Crippen LogP contribution in [-0.4, -0.2) is 103 Å². The van der Waals surface area contributed by atoms with Crippen molar-refractivity contribution in [3.63, 3.8) is 0 Å². The normalized spacial score (nSPS) is 28.7. The van der Waals surface area contributed by atoms with E-state index in [0.717, 1.165) is 16.7 Å². The number of nitrogens with one attached hydrogen (secondary N) is 1. The lowest BCUT2D eigenvalue weighted by Gasteiger charge is -2.62. The van der Waals surface area contributed by atoms with E-state index in [1.54, 1.807) is 12.1 Å². The third kappa shape index (κ3) is 4.98. The number of benzene rings is 3. The molecule has 7 aliphatic rings. The minimum Gasteiger partial charge on any atom is -0.504 e. The van der Waals surface area contributed by atoms with Crippen molar-refractivity contribution in [1.29, 1.82) is 0 Å². The van der Waals surface area contributed by atoms with Gasteiger partial charge in [0.05, 0.1) is 31.6 Å². The van der Waals surface area contributed by atoms with Crippen LogP contribution in [0.25, 0.3) is 0 Å². The van der Waals surface area contributed by atoms with E-state index in [2.05, 4.69) is 15.1 Å². The first-order valence-corrected chi connectivity index (χ1v) is 19.6. The molecule has 2 saturated heterocycles. The van der Waals surface area contributed by atoms with Crippen LogP contribution in [0.4, 0.5) is 0 Å². The number of thioether (sulfide) groups is 1. The standard InChI is InChI=1S/C40H44N4O11S/c1-16-9-20-10-22-29(38(41)48)44-23-13-52-39(49)40(21-12-25(50-5)24(46)11-19(21)7-8-42-40)14-56-37(31(44)30(43(22)4)26(20)32(47)33(16)51-6)28-27(23)36-35(53-15-54-36)17(2)34(28)55-18(3)45/h9,11-12,22-23,29-31,37,42,46-47H,7-8,10,13-15H2,1-6H3,(H2,41,48)/t22-,23-,29+,30+,31+,37-,40-/m0/s1. The molecule has 7 atom stereocenters. The molecule has 7 heterocycles. The number of rotatable bonds is 4. The number of carbonyl (C=O) groups excluding carboxylic acids is 3. The number of ether oxygens (including phenoxy) is 6. The van der Waals surface area contributed by atoms with Gasteiger partial charge in [0.2, 0.25) is 12.7 Å². The predicted molar refractivity (Wildman–Crippen MR) is 202 cm³/mol. The van der Waals surface area contributed by atoms with E-state index >= 15 is 0 Å². The SMILES string of the molecule is COc1cc2c(cc1O)CCN[C@@]21CS[C@H]2c3c(OC(C)=O)c(C)c4c(c3[C@H](COC1=O)N1[C@@H]2[C@H]2c3c(cc(C)c(OC)c3O)C[C@@H]([C@@H]1C(N)=O)N2C)OCO4. The minimum absolute atomic E-state index is 0.00761. The molecule has 0 aromatic heterocycles. The van der Waals surface area contributed by atoms with Gasteiger partial charge in [-0.05, 0) is 68.1 Å². The molecule has 4 bridgehead atoms. The van der Waals surface area contributed by atoms with Gasteiger partial charge in [-0.2, -0.15) is 0 Å². The summed E-state index contributed by atoms with van der Waals surface area (Å²) in [4.78, 5) is 45.9. The van der Waals surface area contributed by atoms with Crippen molar-refractivity contribution in [1.82, 2.24) is 15.1 Å². The summed E-state index contributed by atoms with van der Waals surface area (Å²) >= 11 is 1.44. The van der Waals surface area contributed by atoms with E-state index in [1.807, 2.05) is 27.0 Å². The van der Waals surface area contributed by atoms with E-state index < -0.39 is 58.8 Å². The molecule has 2 fully saturated rings. The molecule has 0 unspecified atom stereocenters. The summed E-state index contributed by atoms with van der Waals surface area (Å²) in [7, 11) is 4.91. The fourth-order valence-electron chi connectivity index (χ4n) is 10.4. The lowest BCUT2D eigenvalue weighted by molar-refractivity contribution is -0.160. The van der Waals surface area contributed by atoms with Crippen LogP contribution in [0.5, 0.6) is 40.2 Å². The summed E-state index contributed by atoms with van der Waals surface area (Å²) in [5, 5.41) is 25.7.